The summed E-state index contributed by atoms with van der Waals surface area (Å²) in [4.78, 5) is 16.2. The minimum absolute atomic E-state index is 0.212. The lowest BCUT2D eigenvalue weighted by Gasteiger charge is -2.32. The lowest BCUT2D eigenvalue weighted by atomic mass is 9.92. The van der Waals surface area contributed by atoms with E-state index in [1.807, 2.05) is 11.3 Å². The molecular formula is C18H26N2OS. The SMILES string of the molecule is O=C(NCC1CCN(Cc2cccs2)CC1)C1CC=CCC1. The van der Waals surface area contributed by atoms with E-state index >= 15 is 0 Å². The smallest absolute Gasteiger partial charge is 0.223 e. The van der Waals surface area contributed by atoms with Gasteiger partial charge < -0.3 is 5.32 Å². The summed E-state index contributed by atoms with van der Waals surface area (Å²) in [7, 11) is 0. The summed E-state index contributed by atoms with van der Waals surface area (Å²) in [6.07, 6.45) is 9.74. The Bertz CT molecular complexity index is 489. The molecule has 0 saturated carbocycles. The Hall–Kier alpha value is -1.13. The third-order valence-electron chi connectivity index (χ3n) is 4.87. The molecule has 1 saturated heterocycles. The molecule has 1 unspecified atom stereocenters. The summed E-state index contributed by atoms with van der Waals surface area (Å²) in [5, 5.41) is 5.34. The number of nitrogens with zero attached hydrogens (tertiary/aromatic N) is 1. The second-order valence-electron chi connectivity index (χ2n) is 6.53. The van der Waals surface area contributed by atoms with Crippen molar-refractivity contribution >= 4 is 17.2 Å². The zero-order valence-electron chi connectivity index (χ0n) is 13.2. The minimum Gasteiger partial charge on any atom is -0.356 e. The average Bonchev–Trinajstić information content (AvgIpc) is 3.08. The summed E-state index contributed by atoms with van der Waals surface area (Å²) >= 11 is 1.84. The van der Waals surface area contributed by atoms with Crippen LogP contribution in [0.5, 0.6) is 0 Å². The first-order valence-corrected chi connectivity index (χ1v) is 9.36. The number of piperidine rings is 1. The van der Waals surface area contributed by atoms with Crippen LogP contribution in [-0.4, -0.2) is 30.4 Å². The van der Waals surface area contributed by atoms with Crippen molar-refractivity contribution in [2.24, 2.45) is 11.8 Å². The van der Waals surface area contributed by atoms with Crippen LogP contribution < -0.4 is 5.32 Å². The van der Waals surface area contributed by atoms with Crippen LogP contribution in [0.25, 0.3) is 0 Å². The van der Waals surface area contributed by atoms with Gasteiger partial charge in [0.25, 0.3) is 0 Å². The van der Waals surface area contributed by atoms with Crippen LogP contribution in [0.4, 0.5) is 0 Å². The number of nitrogens with one attached hydrogen (secondary N) is 1. The third-order valence-corrected chi connectivity index (χ3v) is 5.73. The summed E-state index contributed by atoms with van der Waals surface area (Å²) in [5.74, 6) is 1.14. The van der Waals surface area contributed by atoms with Gasteiger partial charge in [0.1, 0.15) is 0 Å². The van der Waals surface area contributed by atoms with Crippen LogP contribution >= 0.6 is 11.3 Å². The maximum atomic E-state index is 12.2. The largest absolute Gasteiger partial charge is 0.356 e. The van der Waals surface area contributed by atoms with E-state index in [9.17, 15) is 4.79 Å². The normalized spacial score (nSPS) is 23.5. The van der Waals surface area contributed by atoms with Gasteiger partial charge in [-0.15, -0.1) is 11.3 Å². The quantitative estimate of drug-likeness (QED) is 0.844. The van der Waals surface area contributed by atoms with Crippen molar-refractivity contribution in [2.45, 2.75) is 38.6 Å². The van der Waals surface area contributed by atoms with Crippen LogP contribution in [-0.2, 0) is 11.3 Å². The molecule has 0 radical (unpaired) electrons. The molecule has 3 rings (SSSR count). The summed E-state index contributed by atoms with van der Waals surface area (Å²) < 4.78 is 0. The number of rotatable bonds is 5. The van der Waals surface area contributed by atoms with Crippen molar-refractivity contribution < 1.29 is 4.79 Å². The molecule has 120 valence electrons. The Morgan fingerprint density at radius 2 is 2.14 bits per heavy atom. The number of carbonyl (C=O) groups excluding carboxylic acids is 1. The molecule has 1 aromatic rings. The van der Waals surface area contributed by atoms with Gasteiger partial charge in [-0.25, -0.2) is 0 Å². The Morgan fingerprint density at radius 3 is 2.82 bits per heavy atom. The highest BCUT2D eigenvalue weighted by Gasteiger charge is 2.22. The van der Waals surface area contributed by atoms with Crippen LogP contribution in [0.1, 0.15) is 37.0 Å². The molecule has 1 N–H and O–H groups in total. The fourth-order valence-electron chi connectivity index (χ4n) is 3.39. The summed E-state index contributed by atoms with van der Waals surface area (Å²) in [5.41, 5.74) is 0. The fourth-order valence-corrected chi connectivity index (χ4v) is 4.14. The van der Waals surface area contributed by atoms with E-state index in [0.29, 0.717) is 5.92 Å². The number of hydrogen-bond donors (Lipinski definition) is 1. The second kappa shape index (κ2) is 7.93. The number of thiophene rings is 1. The molecule has 4 heteroatoms. The Morgan fingerprint density at radius 1 is 1.27 bits per heavy atom. The van der Waals surface area contributed by atoms with E-state index in [-0.39, 0.29) is 11.8 Å². The highest BCUT2D eigenvalue weighted by molar-refractivity contribution is 7.09. The van der Waals surface area contributed by atoms with E-state index < -0.39 is 0 Å². The van der Waals surface area contributed by atoms with Crippen molar-refractivity contribution in [3.05, 3.63) is 34.5 Å². The van der Waals surface area contributed by atoms with Gasteiger partial charge in [-0.3, -0.25) is 9.69 Å². The van der Waals surface area contributed by atoms with Gasteiger partial charge in [0.2, 0.25) is 5.91 Å². The summed E-state index contributed by atoms with van der Waals surface area (Å²) in [6.45, 7) is 4.27. The lowest BCUT2D eigenvalue weighted by Crippen LogP contribution is -2.40. The van der Waals surface area contributed by atoms with Gasteiger partial charge in [-0.05, 0) is 62.6 Å². The third kappa shape index (κ3) is 4.43. The highest BCUT2D eigenvalue weighted by atomic mass is 32.1. The van der Waals surface area contributed by atoms with Crippen molar-refractivity contribution in [1.29, 1.82) is 0 Å². The van der Waals surface area contributed by atoms with Gasteiger partial charge in [0.05, 0.1) is 0 Å². The molecule has 2 aliphatic rings. The van der Waals surface area contributed by atoms with Crippen LogP contribution in [0.3, 0.4) is 0 Å². The molecule has 0 spiro atoms. The zero-order chi connectivity index (χ0) is 15.2. The van der Waals surface area contributed by atoms with E-state index in [0.717, 1.165) is 45.4 Å². The lowest BCUT2D eigenvalue weighted by molar-refractivity contribution is -0.125. The molecule has 1 aromatic heterocycles. The molecule has 1 aliphatic heterocycles. The molecule has 2 heterocycles. The van der Waals surface area contributed by atoms with Gasteiger partial charge >= 0.3 is 0 Å². The van der Waals surface area contributed by atoms with Crippen molar-refractivity contribution in [3.8, 4) is 0 Å². The number of amides is 1. The number of likely N-dealkylation sites (tertiary alicyclic amines) is 1. The minimum atomic E-state index is 0.212. The Kier molecular flexibility index (Phi) is 5.68. The fraction of sp³-hybridized carbons (Fsp3) is 0.611. The van der Waals surface area contributed by atoms with E-state index in [1.165, 1.54) is 17.7 Å². The van der Waals surface area contributed by atoms with Gasteiger partial charge in [-0.1, -0.05) is 18.2 Å². The van der Waals surface area contributed by atoms with Crippen LogP contribution in [0.2, 0.25) is 0 Å². The van der Waals surface area contributed by atoms with Crippen molar-refractivity contribution in [2.75, 3.05) is 19.6 Å². The monoisotopic (exact) mass is 318 g/mol. The molecule has 22 heavy (non-hydrogen) atoms. The molecular weight excluding hydrogens is 292 g/mol. The molecule has 0 bridgehead atoms. The van der Waals surface area contributed by atoms with Gasteiger partial charge in [-0.2, -0.15) is 0 Å². The number of allylic oxidation sites excluding steroid dienone is 2. The van der Waals surface area contributed by atoms with Gasteiger partial charge in [0.15, 0.2) is 0 Å². The zero-order valence-corrected chi connectivity index (χ0v) is 14.0. The molecule has 1 amide bonds. The maximum Gasteiger partial charge on any atom is 0.223 e. The predicted molar refractivity (Wildman–Crippen MR) is 91.8 cm³/mol. The number of carbonyl (C=O) groups is 1. The first kappa shape index (κ1) is 15.8. The van der Waals surface area contributed by atoms with Gasteiger partial charge in [0, 0.05) is 23.9 Å². The van der Waals surface area contributed by atoms with Crippen LogP contribution in [0.15, 0.2) is 29.7 Å². The van der Waals surface area contributed by atoms with E-state index in [2.05, 4.69) is 39.9 Å². The highest BCUT2D eigenvalue weighted by Crippen LogP contribution is 2.21. The summed E-state index contributed by atoms with van der Waals surface area (Å²) in [6, 6.07) is 4.35. The van der Waals surface area contributed by atoms with Crippen molar-refractivity contribution in [3.63, 3.8) is 0 Å². The average molecular weight is 318 g/mol. The maximum absolute atomic E-state index is 12.2. The van der Waals surface area contributed by atoms with E-state index in [4.69, 9.17) is 0 Å². The number of hydrogen-bond acceptors (Lipinski definition) is 3. The molecule has 3 nitrogen and oxygen atoms in total. The second-order valence-corrected chi connectivity index (χ2v) is 7.56. The molecule has 1 aliphatic carbocycles. The standard InChI is InChI=1S/C18H26N2OS/c21-18(16-5-2-1-3-6-16)19-13-15-8-10-20(11-9-15)14-17-7-4-12-22-17/h1-2,4,7,12,15-16H,3,5-6,8-11,13-14H2,(H,19,21). The van der Waals surface area contributed by atoms with Crippen LogP contribution in [0, 0.1) is 11.8 Å². The molecule has 0 aromatic carbocycles. The first-order chi connectivity index (χ1) is 10.8. The van der Waals surface area contributed by atoms with E-state index in [1.54, 1.807) is 0 Å². The molecule has 1 atom stereocenters. The topological polar surface area (TPSA) is 32.3 Å². The molecule has 1 fully saturated rings. The Balaban J connectivity index is 1.35. The predicted octanol–water partition coefficient (Wildman–Crippen LogP) is 3.43. The van der Waals surface area contributed by atoms with Crippen molar-refractivity contribution in [1.82, 2.24) is 10.2 Å². The first-order valence-electron chi connectivity index (χ1n) is 8.48. The Labute approximate surface area is 137 Å².